The molecule has 6 rings (SSSR count). The van der Waals surface area contributed by atoms with Gasteiger partial charge in [0.15, 0.2) is 12.6 Å². The summed E-state index contributed by atoms with van der Waals surface area (Å²) in [5, 5.41) is 77.4. The van der Waals surface area contributed by atoms with E-state index < -0.39 is 127 Å². The standard InChI is InChI=1S/C53H86FN7O13S/c1-15-40-53(10,67)45(63)33(6)60(12)26-29(2)23-51(8,66)47(31(4)43(32(5)49(65)72-40)73-41-24-52(9,69-14)46(64)34(7)71-41)74-50-42(62)38(22-30(3)70-50)59(11)21-20-37-27-61(58-56-37)39(25-54)44(68-13)35-16-18-36(19-17-35)48-57-55-28-75-48/h16-19,27-34,38-47,50,62-64,66-67H,15,20-26H2,1-14H3/t29-,30-,31+,32-,33-,34+,38+,39-,40-,41+,42-,43+,44-,45-,46+,47-,50+,51-,52-,53-/m1/s1. The van der Waals surface area contributed by atoms with Crippen LogP contribution in [0.25, 0.3) is 10.6 Å². The summed E-state index contributed by atoms with van der Waals surface area (Å²) in [7, 11) is 6.74. The predicted molar refractivity (Wildman–Crippen MR) is 277 cm³/mol. The number of rotatable bonds is 16. The number of ether oxygens (including phenoxy) is 7. The first-order valence-corrected chi connectivity index (χ1v) is 27.3. The van der Waals surface area contributed by atoms with Gasteiger partial charge in [0.05, 0.1) is 47.2 Å². The van der Waals surface area contributed by atoms with Gasteiger partial charge in [-0.25, -0.2) is 9.07 Å². The Labute approximate surface area is 446 Å². The van der Waals surface area contributed by atoms with E-state index in [0.717, 1.165) is 16.1 Å². The number of aliphatic hydroxyl groups is 5. The Balaban J connectivity index is 1.26. The molecule has 0 aliphatic carbocycles. The average Bonchev–Trinajstić information content (AvgIpc) is 4.09. The van der Waals surface area contributed by atoms with Gasteiger partial charge in [-0.15, -0.1) is 15.3 Å². The highest BCUT2D eigenvalue weighted by atomic mass is 32.1. The van der Waals surface area contributed by atoms with Crippen LogP contribution in [-0.2, 0) is 44.4 Å². The Bertz CT molecular complexity index is 2230. The molecular formula is C53H86FN7O13S. The molecule has 22 heteroatoms. The van der Waals surface area contributed by atoms with Crippen molar-refractivity contribution in [3.63, 3.8) is 0 Å². The van der Waals surface area contributed by atoms with Crippen LogP contribution in [-0.4, -0.2) is 205 Å². The normalized spacial score (nSPS) is 38.9. The fourth-order valence-corrected chi connectivity index (χ4v) is 12.2. The number of alkyl halides is 1. The lowest BCUT2D eigenvalue weighted by atomic mass is 9.77. The van der Waals surface area contributed by atoms with Crippen LogP contribution < -0.4 is 0 Å². The first kappa shape index (κ1) is 61.0. The number of esters is 1. The van der Waals surface area contributed by atoms with Gasteiger partial charge in [-0.05, 0) is 93.3 Å². The largest absolute Gasteiger partial charge is 0.459 e. The van der Waals surface area contributed by atoms with Crippen LogP contribution in [0.3, 0.4) is 0 Å². The Kier molecular flexibility index (Phi) is 20.9. The molecule has 0 bridgehead atoms. The van der Waals surface area contributed by atoms with E-state index in [4.69, 9.17) is 33.2 Å². The summed E-state index contributed by atoms with van der Waals surface area (Å²) in [6, 6.07) is 5.68. The molecule has 2 aromatic heterocycles. The third-order valence-corrected chi connectivity index (χ3v) is 17.1. The van der Waals surface area contributed by atoms with Crippen LogP contribution >= 0.6 is 11.3 Å². The zero-order valence-corrected chi connectivity index (χ0v) is 47.2. The molecule has 0 radical (unpaired) electrons. The second-order valence-corrected chi connectivity index (χ2v) is 23.2. The highest BCUT2D eigenvalue weighted by Crippen LogP contribution is 2.41. The topological polar surface area (TPSA) is 246 Å². The van der Waals surface area contributed by atoms with Crippen molar-refractivity contribution < 1.29 is 67.9 Å². The van der Waals surface area contributed by atoms with Crippen LogP contribution in [0.2, 0.25) is 0 Å². The summed E-state index contributed by atoms with van der Waals surface area (Å²) in [5.74, 6) is -2.88. The average molecular weight is 1080 g/mol. The molecule has 20 atom stereocenters. The quantitative estimate of drug-likeness (QED) is 0.124. The van der Waals surface area contributed by atoms with Crippen LogP contribution in [0.15, 0.2) is 36.0 Å². The molecule has 75 heavy (non-hydrogen) atoms. The van der Waals surface area contributed by atoms with Gasteiger partial charge in [0.1, 0.15) is 59.4 Å². The molecule has 0 spiro atoms. The van der Waals surface area contributed by atoms with E-state index in [1.807, 2.05) is 62.0 Å². The molecule has 20 nitrogen and oxygen atoms in total. The summed E-state index contributed by atoms with van der Waals surface area (Å²) in [5.41, 5.74) is -0.672. The van der Waals surface area contributed by atoms with E-state index in [1.54, 1.807) is 60.2 Å². The zero-order chi connectivity index (χ0) is 55.3. The Morgan fingerprint density at radius 2 is 1.67 bits per heavy atom. The van der Waals surface area contributed by atoms with Gasteiger partial charge in [-0.1, -0.05) is 61.6 Å². The molecule has 0 saturated carbocycles. The van der Waals surface area contributed by atoms with E-state index >= 15 is 0 Å². The number of hydrogen-bond acceptors (Lipinski definition) is 20. The Morgan fingerprint density at radius 3 is 2.28 bits per heavy atom. The summed E-state index contributed by atoms with van der Waals surface area (Å²) in [6.07, 6.45) is -8.02. The molecule has 3 aliphatic rings. The maximum absolute atomic E-state index is 14.9. The molecule has 0 unspecified atom stereocenters. The minimum absolute atomic E-state index is 0.0830. The van der Waals surface area contributed by atoms with Crippen LogP contribution in [0.1, 0.15) is 118 Å². The van der Waals surface area contributed by atoms with Gasteiger partial charge in [0.25, 0.3) is 0 Å². The van der Waals surface area contributed by atoms with Crippen molar-refractivity contribution in [3.05, 3.63) is 47.2 Å². The Morgan fingerprint density at radius 1 is 0.973 bits per heavy atom. The molecule has 5 heterocycles. The van der Waals surface area contributed by atoms with Crippen molar-refractivity contribution in [3.8, 4) is 10.6 Å². The lowest BCUT2D eigenvalue weighted by Gasteiger charge is -2.49. The maximum atomic E-state index is 14.9. The first-order chi connectivity index (χ1) is 35.3. The SMILES string of the molecule is CC[C@H]1OC(=O)[C@H](C)[C@@H](O[C@H]2C[C@@](C)(OC)[C@@H](O)[C@H](C)O2)[C@H](C)[C@@H](O[C@@H]2O[C@H](C)C[C@H](N(C)CCc3cn([C@H](CF)[C@H](OC)c4ccc(-c5nncs5)cc4)nn3)[C@H]2O)[C@](C)(O)C[C@@H](C)CN(C)[C@H](C)[C@@H](O)[C@]1(C)O. The van der Waals surface area contributed by atoms with Crippen molar-refractivity contribution in [2.24, 2.45) is 17.8 Å². The summed E-state index contributed by atoms with van der Waals surface area (Å²) >= 11 is 1.42. The predicted octanol–water partition coefficient (Wildman–Crippen LogP) is 4.52. The van der Waals surface area contributed by atoms with E-state index in [-0.39, 0.29) is 25.2 Å². The maximum Gasteiger partial charge on any atom is 0.311 e. The number of carbonyl (C=O) groups is 1. The molecular weight excluding hydrogens is 994 g/mol. The minimum Gasteiger partial charge on any atom is -0.459 e. The number of halogens is 1. The van der Waals surface area contributed by atoms with Gasteiger partial charge in [-0.2, -0.15) is 0 Å². The second-order valence-electron chi connectivity index (χ2n) is 22.4. The van der Waals surface area contributed by atoms with Crippen molar-refractivity contribution in [2.75, 3.05) is 48.1 Å². The fraction of sp³-hybridized carbons (Fsp3) is 0.792. The van der Waals surface area contributed by atoms with Crippen LogP contribution in [0.4, 0.5) is 4.39 Å². The van der Waals surface area contributed by atoms with Gasteiger partial charge < -0.3 is 68.5 Å². The third kappa shape index (κ3) is 14.0. The number of aliphatic hydroxyl groups excluding tert-OH is 3. The van der Waals surface area contributed by atoms with Gasteiger partial charge in [-0.3, -0.25) is 4.79 Å². The first-order valence-electron chi connectivity index (χ1n) is 26.4. The molecule has 3 aromatic rings. The minimum atomic E-state index is -1.85. The second kappa shape index (κ2) is 25.7. The lowest BCUT2D eigenvalue weighted by Crippen LogP contribution is -2.61. The summed E-state index contributed by atoms with van der Waals surface area (Å²) in [6.45, 7) is 17.5. The van der Waals surface area contributed by atoms with E-state index in [0.29, 0.717) is 31.6 Å². The van der Waals surface area contributed by atoms with Crippen molar-refractivity contribution in [2.45, 2.75) is 204 Å². The monoisotopic (exact) mass is 1080 g/mol. The third-order valence-electron chi connectivity index (χ3n) is 16.3. The van der Waals surface area contributed by atoms with Gasteiger partial charge in [0.2, 0.25) is 0 Å². The zero-order valence-electron chi connectivity index (χ0n) is 46.4. The summed E-state index contributed by atoms with van der Waals surface area (Å²) < 4.78 is 60.5. The van der Waals surface area contributed by atoms with Crippen LogP contribution in [0, 0.1) is 17.8 Å². The number of cyclic esters (lactones) is 1. The lowest BCUT2D eigenvalue weighted by molar-refractivity contribution is -0.318. The molecule has 424 valence electrons. The van der Waals surface area contributed by atoms with E-state index in [1.165, 1.54) is 37.2 Å². The summed E-state index contributed by atoms with van der Waals surface area (Å²) in [4.78, 5) is 18.4. The van der Waals surface area contributed by atoms with Gasteiger partial charge in [0, 0.05) is 69.9 Å². The van der Waals surface area contributed by atoms with Crippen molar-refractivity contribution >= 4 is 17.3 Å². The highest BCUT2D eigenvalue weighted by molar-refractivity contribution is 7.12. The van der Waals surface area contributed by atoms with E-state index in [9.17, 15) is 34.7 Å². The number of carbonyl (C=O) groups excluding carboxylic acids is 1. The number of nitrogens with zero attached hydrogens (tertiary/aromatic N) is 7. The van der Waals surface area contributed by atoms with Gasteiger partial charge >= 0.3 is 5.97 Å². The molecule has 3 saturated heterocycles. The smallest absolute Gasteiger partial charge is 0.311 e. The molecule has 3 aliphatic heterocycles. The molecule has 1 aromatic carbocycles. The van der Waals surface area contributed by atoms with Crippen molar-refractivity contribution in [1.82, 2.24) is 35.0 Å². The number of likely N-dealkylation sites (N-methyl/N-ethyl adjacent to an activating group) is 2. The van der Waals surface area contributed by atoms with E-state index in [2.05, 4.69) is 20.5 Å². The number of hydrogen-bond donors (Lipinski definition) is 5. The number of benzene rings is 1. The van der Waals surface area contributed by atoms with Crippen molar-refractivity contribution in [1.29, 1.82) is 0 Å². The molecule has 3 fully saturated rings. The fourth-order valence-electron chi connectivity index (χ4n) is 11.6. The molecule has 0 amide bonds. The molecule has 5 N–H and O–H groups in total. The van der Waals surface area contributed by atoms with Crippen LogP contribution in [0.5, 0.6) is 0 Å². The Hall–Kier alpha value is -3.20. The highest BCUT2D eigenvalue weighted by Gasteiger charge is 2.53. The number of aromatic nitrogens is 5. The number of methoxy groups -OCH3 is 2.